The summed E-state index contributed by atoms with van der Waals surface area (Å²) in [4.78, 5) is 27.9. The van der Waals surface area contributed by atoms with Crippen LogP contribution in [0.5, 0.6) is 23.0 Å². The summed E-state index contributed by atoms with van der Waals surface area (Å²) in [5, 5.41) is 3.12. The van der Waals surface area contributed by atoms with Crippen molar-refractivity contribution in [3.05, 3.63) is 47.7 Å². The average Bonchev–Trinajstić information content (AvgIpc) is 3.05. The van der Waals surface area contributed by atoms with Crippen molar-refractivity contribution in [3.63, 3.8) is 0 Å². The predicted octanol–water partition coefficient (Wildman–Crippen LogP) is 3.71. The standard InChI is InChI=1S/C24H28N2O6/c1-6-7-12-26-23(27)20(16-10-8-9-11-17(16)29-2)21(24(26)28)25-15-13-18(30-3)22(32-5)19(14-15)31-4/h8-11,13-14,25H,6-7,12H2,1-5H3. The van der Waals surface area contributed by atoms with Gasteiger partial charge in [0.25, 0.3) is 11.8 Å². The lowest BCUT2D eigenvalue weighted by atomic mass is 10.0. The van der Waals surface area contributed by atoms with Gasteiger partial charge in [0.15, 0.2) is 11.5 Å². The first-order chi connectivity index (χ1) is 15.5. The predicted molar refractivity (Wildman–Crippen MR) is 121 cm³/mol. The van der Waals surface area contributed by atoms with Crippen molar-refractivity contribution in [1.82, 2.24) is 4.90 Å². The Morgan fingerprint density at radius 1 is 0.844 bits per heavy atom. The van der Waals surface area contributed by atoms with E-state index in [4.69, 9.17) is 18.9 Å². The molecule has 1 heterocycles. The van der Waals surface area contributed by atoms with E-state index in [9.17, 15) is 9.59 Å². The zero-order chi connectivity index (χ0) is 23.3. The number of hydrogen-bond donors (Lipinski definition) is 1. The molecule has 0 aliphatic carbocycles. The lowest BCUT2D eigenvalue weighted by Gasteiger charge is -2.16. The molecule has 1 aliphatic heterocycles. The van der Waals surface area contributed by atoms with Gasteiger partial charge in [-0.2, -0.15) is 0 Å². The molecular weight excluding hydrogens is 412 g/mol. The molecule has 0 saturated carbocycles. The Hall–Kier alpha value is -3.68. The minimum atomic E-state index is -0.391. The molecule has 8 nitrogen and oxygen atoms in total. The number of anilines is 1. The molecule has 0 fully saturated rings. The molecule has 1 N–H and O–H groups in total. The molecule has 2 aromatic rings. The van der Waals surface area contributed by atoms with E-state index in [0.717, 1.165) is 6.42 Å². The third-order valence-electron chi connectivity index (χ3n) is 5.21. The van der Waals surface area contributed by atoms with E-state index in [1.54, 1.807) is 30.3 Å². The molecule has 170 valence electrons. The molecular formula is C24H28N2O6. The normalized spacial score (nSPS) is 13.5. The van der Waals surface area contributed by atoms with Crippen molar-refractivity contribution in [2.45, 2.75) is 19.8 Å². The Kier molecular flexibility index (Phi) is 7.25. The van der Waals surface area contributed by atoms with Crippen molar-refractivity contribution in [1.29, 1.82) is 0 Å². The second-order valence-electron chi connectivity index (χ2n) is 7.10. The first kappa shape index (κ1) is 23.0. The van der Waals surface area contributed by atoms with Crippen molar-refractivity contribution in [3.8, 4) is 23.0 Å². The molecule has 0 atom stereocenters. The van der Waals surface area contributed by atoms with Gasteiger partial charge in [-0.25, -0.2) is 0 Å². The van der Waals surface area contributed by atoms with Crippen LogP contribution in [-0.2, 0) is 9.59 Å². The van der Waals surface area contributed by atoms with Crippen LogP contribution in [0.1, 0.15) is 25.3 Å². The molecule has 0 saturated heterocycles. The number of benzene rings is 2. The Balaban J connectivity index is 2.14. The first-order valence-corrected chi connectivity index (χ1v) is 10.3. The molecule has 0 radical (unpaired) electrons. The minimum Gasteiger partial charge on any atom is -0.496 e. The fraction of sp³-hybridized carbons (Fsp3) is 0.333. The minimum absolute atomic E-state index is 0.171. The van der Waals surface area contributed by atoms with Crippen LogP contribution in [0.3, 0.4) is 0 Å². The van der Waals surface area contributed by atoms with Crippen LogP contribution in [0.15, 0.2) is 42.1 Å². The monoisotopic (exact) mass is 440 g/mol. The number of nitrogens with zero attached hydrogens (tertiary/aromatic N) is 1. The van der Waals surface area contributed by atoms with E-state index in [2.05, 4.69) is 5.32 Å². The number of methoxy groups -OCH3 is 4. The number of unbranched alkanes of at least 4 members (excludes halogenated alkanes) is 1. The summed E-state index contributed by atoms with van der Waals surface area (Å²) in [7, 11) is 6.07. The van der Waals surface area contributed by atoms with Crippen LogP contribution in [0.2, 0.25) is 0 Å². The maximum absolute atomic E-state index is 13.3. The maximum Gasteiger partial charge on any atom is 0.278 e. The van der Waals surface area contributed by atoms with Crippen molar-refractivity contribution in [2.24, 2.45) is 0 Å². The van der Waals surface area contributed by atoms with E-state index in [-0.39, 0.29) is 17.2 Å². The van der Waals surface area contributed by atoms with Gasteiger partial charge >= 0.3 is 0 Å². The van der Waals surface area contributed by atoms with Gasteiger partial charge in [-0.3, -0.25) is 14.5 Å². The number of ether oxygens (including phenoxy) is 4. The maximum atomic E-state index is 13.3. The topological polar surface area (TPSA) is 86.3 Å². The zero-order valence-corrected chi connectivity index (χ0v) is 19.0. The number of hydrogen-bond acceptors (Lipinski definition) is 7. The molecule has 0 aromatic heterocycles. The van der Waals surface area contributed by atoms with Gasteiger partial charge in [0.05, 0.1) is 34.0 Å². The van der Waals surface area contributed by atoms with Crippen LogP contribution in [0.4, 0.5) is 5.69 Å². The second kappa shape index (κ2) is 10.1. The summed E-state index contributed by atoms with van der Waals surface area (Å²) < 4.78 is 21.6. The number of para-hydroxylation sites is 1. The van der Waals surface area contributed by atoms with Crippen molar-refractivity contribution in [2.75, 3.05) is 40.3 Å². The van der Waals surface area contributed by atoms with Crippen LogP contribution in [0.25, 0.3) is 5.57 Å². The highest BCUT2D eigenvalue weighted by atomic mass is 16.5. The van der Waals surface area contributed by atoms with Gasteiger partial charge in [0, 0.05) is 29.9 Å². The number of carbonyl (C=O) groups excluding carboxylic acids is 2. The fourth-order valence-corrected chi connectivity index (χ4v) is 3.61. The van der Waals surface area contributed by atoms with E-state index in [1.165, 1.54) is 33.3 Å². The molecule has 8 heteroatoms. The molecule has 32 heavy (non-hydrogen) atoms. The Labute approximate surface area is 187 Å². The lowest BCUT2D eigenvalue weighted by Crippen LogP contribution is -2.33. The second-order valence-corrected chi connectivity index (χ2v) is 7.10. The summed E-state index contributed by atoms with van der Waals surface area (Å²) in [5.41, 5.74) is 1.49. The van der Waals surface area contributed by atoms with Gasteiger partial charge in [0.2, 0.25) is 5.75 Å². The van der Waals surface area contributed by atoms with Gasteiger partial charge in [0.1, 0.15) is 11.4 Å². The highest BCUT2D eigenvalue weighted by Gasteiger charge is 2.40. The molecule has 0 unspecified atom stereocenters. The molecule has 1 aliphatic rings. The summed E-state index contributed by atoms with van der Waals surface area (Å²) in [6, 6.07) is 10.5. The number of amides is 2. The third-order valence-corrected chi connectivity index (χ3v) is 5.21. The number of carbonyl (C=O) groups is 2. The van der Waals surface area contributed by atoms with Gasteiger partial charge in [-0.05, 0) is 12.5 Å². The van der Waals surface area contributed by atoms with Gasteiger partial charge < -0.3 is 24.3 Å². The summed E-state index contributed by atoms with van der Waals surface area (Å²) in [5.74, 6) is 1.03. The highest BCUT2D eigenvalue weighted by Crippen LogP contribution is 2.41. The summed E-state index contributed by atoms with van der Waals surface area (Å²) in [6.45, 7) is 2.35. The Bertz CT molecular complexity index is 1020. The molecule has 0 bridgehead atoms. The molecule has 3 rings (SSSR count). The lowest BCUT2D eigenvalue weighted by molar-refractivity contribution is -0.136. The zero-order valence-electron chi connectivity index (χ0n) is 19.0. The van der Waals surface area contributed by atoms with Crippen molar-refractivity contribution < 1.29 is 28.5 Å². The smallest absolute Gasteiger partial charge is 0.278 e. The van der Waals surface area contributed by atoms with Gasteiger partial charge in [-0.1, -0.05) is 31.5 Å². The first-order valence-electron chi connectivity index (χ1n) is 10.3. The summed E-state index contributed by atoms with van der Waals surface area (Å²) >= 11 is 0. The largest absolute Gasteiger partial charge is 0.496 e. The number of nitrogens with one attached hydrogen (secondary N) is 1. The fourth-order valence-electron chi connectivity index (χ4n) is 3.61. The molecule has 2 amide bonds. The molecule has 2 aromatic carbocycles. The van der Waals surface area contributed by atoms with Crippen LogP contribution >= 0.6 is 0 Å². The van der Waals surface area contributed by atoms with Crippen LogP contribution in [-0.4, -0.2) is 51.7 Å². The Morgan fingerprint density at radius 2 is 1.47 bits per heavy atom. The summed E-state index contributed by atoms with van der Waals surface area (Å²) in [6.07, 6.45) is 1.57. The average molecular weight is 440 g/mol. The Morgan fingerprint density at radius 3 is 2.03 bits per heavy atom. The van der Waals surface area contributed by atoms with Crippen molar-refractivity contribution >= 4 is 23.1 Å². The van der Waals surface area contributed by atoms with Crippen LogP contribution in [0, 0.1) is 0 Å². The van der Waals surface area contributed by atoms with E-state index in [1.807, 2.05) is 13.0 Å². The van der Waals surface area contributed by atoms with Gasteiger partial charge in [-0.15, -0.1) is 0 Å². The quantitative estimate of drug-likeness (QED) is 0.564. The molecule has 0 spiro atoms. The third kappa shape index (κ3) is 4.21. The SMILES string of the molecule is CCCCN1C(=O)C(Nc2cc(OC)c(OC)c(OC)c2)=C(c2ccccc2OC)C1=O. The van der Waals surface area contributed by atoms with E-state index < -0.39 is 5.91 Å². The van der Waals surface area contributed by atoms with Crippen LogP contribution < -0.4 is 24.3 Å². The van der Waals surface area contributed by atoms with E-state index >= 15 is 0 Å². The van der Waals surface area contributed by atoms with E-state index in [0.29, 0.717) is 47.2 Å². The number of imide groups is 1. The number of rotatable bonds is 10. The highest BCUT2D eigenvalue weighted by molar-refractivity contribution is 6.37.